The lowest BCUT2D eigenvalue weighted by Crippen LogP contribution is -2.29. The second-order valence-electron chi connectivity index (χ2n) is 6.65. The van der Waals surface area contributed by atoms with Crippen LogP contribution in [0.3, 0.4) is 0 Å². The first-order valence-electron chi connectivity index (χ1n) is 8.50. The minimum absolute atomic E-state index is 0.279. The highest BCUT2D eigenvalue weighted by molar-refractivity contribution is 7.22. The van der Waals surface area contributed by atoms with E-state index in [1.54, 1.807) is 22.1 Å². The second kappa shape index (κ2) is 5.64. The summed E-state index contributed by atoms with van der Waals surface area (Å²) in [6.07, 6.45) is 6.21. The van der Waals surface area contributed by atoms with Crippen LogP contribution in [0, 0.1) is 5.82 Å². The van der Waals surface area contributed by atoms with Gasteiger partial charge in [0.15, 0.2) is 5.82 Å². The Labute approximate surface area is 148 Å². The van der Waals surface area contributed by atoms with E-state index in [1.165, 1.54) is 0 Å². The lowest BCUT2D eigenvalue weighted by Gasteiger charge is -2.22. The molecule has 4 aromatic rings. The zero-order valence-electron chi connectivity index (χ0n) is 13.9. The molecule has 0 aliphatic carbocycles. The van der Waals surface area contributed by atoms with E-state index in [0.717, 1.165) is 52.0 Å². The van der Waals surface area contributed by atoms with E-state index in [-0.39, 0.29) is 5.82 Å². The Kier molecular flexibility index (Phi) is 3.39. The number of hydrogen-bond acceptors (Lipinski definition) is 4. The number of halogens is 1. The van der Waals surface area contributed by atoms with Gasteiger partial charge in [-0.3, -0.25) is 9.36 Å². The standard InChI is InChI=1S/C18H18FN5S/c1-23-9-12-6-11(7-14(19)18(12)22-23)16-8-15-17(25-16)10-24(21-15)13-2-4-20-5-3-13/h6-10,13,20H,2-5H2,1H3. The second-order valence-corrected chi connectivity index (χ2v) is 7.73. The maximum absolute atomic E-state index is 14.3. The Morgan fingerprint density at radius 1 is 1.16 bits per heavy atom. The van der Waals surface area contributed by atoms with Crippen LogP contribution < -0.4 is 5.32 Å². The van der Waals surface area contributed by atoms with Crippen molar-refractivity contribution in [2.75, 3.05) is 13.1 Å². The minimum atomic E-state index is -0.279. The summed E-state index contributed by atoms with van der Waals surface area (Å²) >= 11 is 1.67. The lowest BCUT2D eigenvalue weighted by atomic mass is 10.1. The molecule has 5 rings (SSSR count). The summed E-state index contributed by atoms with van der Waals surface area (Å²) in [5.74, 6) is -0.279. The number of rotatable bonds is 2. The van der Waals surface area contributed by atoms with Crippen molar-refractivity contribution in [3.8, 4) is 10.4 Å². The molecule has 1 fully saturated rings. The number of aryl methyl sites for hydroxylation is 1. The van der Waals surface area contributed by atoms with Gasteiger partial charge in [0.2, 0.25) is 0 Å². The van der Waals surface area contributed by atoms with Crippen molar-refractivity contribution in [3.05, 3.63) is 36.4 Å². The Morgan fingerprint density at radius 2 is 2.00 bits per heavy atom. The molecule has 4 heterocycles. The van der Waals surface area contributed by atoms with Gasteiger partial charge in [-0.15, -0.1) is 11.3 Å². The van der Waals surface area contributed by atoms with E-state index in [9.17, 15) is 4.39 Å². The van der Waals surface area contributed by atoms with Crippen molar-refractivity contribution >= 4 is 32.5 Å². The molecule has 1 aliphatic heterocycles. The predicted octanol–water partition coefficient (Wildman–Crippen LogP) is 3.72. The van der Waals surface area contributed by atoms with Crippen LogP contribution in [0.1, 0.15) is 18.9 Å². The zero-order chi connectivity index (χ0) is 17.0. The van der Waals surface area contributed by atoms with Crippen molar-refractivity contribution in [2.45, 2.75) is 18.9 Å². The van der Waals surface area contributed by atoms with Crippen LogP contribution in [0.25, 0.3) is 31.6 Å². The molecule has 5 nitrogen and oxygen atoms in total. The van der Waals surface area contributed by atoms with Gasteiger partial charge >= 0.3 is 0 Å². The molecule has 0 unspecified atom stereocenters. The van der Waals surface area contributed by atoms with Gasteiger partial charge in [0, 0.05) is 29.7 Å². The fraction of sp³-hybridized carbons (Fsp3) is 0.333. The Bertz CT molecular complexity index is 1040. The van der Waals surface area contributed by atoms with Crippen molar-refractivity contribution in [1.82, 2.24) is 24.9 Å². The number of nitrogens with zero attached hydrogens (tertiary/aromatic N) is 4. The number of fused-ring (bicyclic) bond motifs is 2. The highest BCUT2D eigenvalue weighted by atomic mass is 32.1. The van der Waals surface area contributed by atoms with Crippen LogP contribution in [0.4, 0.5) is 4.39 Å². The molecule has 0 atom stereocenters. The van der Waals surface area contributed by atoms with Gasteiger partial charge in [-0.1, -0.05) is 0 Å². The van der Waals surface area contributed by atoms with Gasteiger partial charge in [-0.2, -0.15) is 10.2 Å². The molecule has 25 heavy (non-hydrogen) atoms. The smallest absolute Gasteiger partial charge is 0.151 e. The van der Waals surface area contributed by atoms with Crippen molar-refractivity contribution in [2.24, 2.45) is 7.05 Å². The van der Waals surface area contributed by atoms with Crippen LogP contribution in [-0.2, 0) is 7.05 Å². The van der Waals surface area contributed by atoms with Crippen LogP contribution in [0.5, 0.6) is 0 Å². The van der Waals surface area contributed by atoms with E-state index in [2.05, 4.69) is 27.4 Å². The average molecular weight is 355 g/mol. The van der Waals surface area contributed by atoms with Gasteiger partial charge in [0.05, 0.1) is 10.7 Å². The summed E-state index contributed by atoms with van der Waals surface area (Å²) in [5, 5.41) is 13.1. The Balaban J connectivity index is 1.53. The summed E-state index contributed by atoms with van der Waals surface area (Å²) < 4.78 is 19.2. The minimum Gasteiger partial charge on any atom is -0.317 e. The van der Waals surface area contributed by atoms with Crippen molar-refractivity contribution in [1.29, 1.82) is 0 Å². The van der Waals surface area contributed by atoms with E-state index >= 15 is 0 Å². The van der Waals surface area contributed by atoms with E-state index in [0.29, 0.717) is 11.6 Å². The molecule has 128 valence electrons. The molecule has 0 radical (unpaired) electrons. The largest absolute Gasteiger partial charge is 0.317 e. The molecular weight excluding hydrogens is 337 g/mol. The molecule has 7 heteroatoms. The first-order chi connectivity index (χ1) is 12.2. The van der Waals surface area contributed by atoms with E-state index in [1.807, 2.05) is 19.3 Å². The van der Waals surface area contributed by atoms with Crippen molar-refractivity contribution < 1.29 is 4.39 Å². The molecule has 1 saturated heterocycles. The van der Waals surface area contributed by atoms with Gasteiger partial charge in [-0.05, 0) is 49.7 Å². The summed E-state index contributed by atoms with van der Waals surface area (Å²) in [6, 6.07) is 6.11. The fourth-order valence-electron chi connectivity index (χ4n) is 3.59. The number of benzene rings is 1. The highest BCUT2D eigenvalue weighted by Crippen LogP contribution is 2.36. The first kappa shape index (κ1) is 15.0. The molecule has 1 aromatic carbocycles. The molecule has 0 spiro atoms. The number of piperidine rings is 1. The topological polar surface area (TPSA) is 47.7 Å². The average Bonchev–Trinajstić information content (AvgIpc) is 3.27. The monoisotopic (exact) mass is 355 g/mol. The third-order valence-electron chi connectivity index (χ3n) is 4.86. The number of thiophene rings is 1. The summed E-state index contributed by atoms with van der Waals surface area (Å²) in [6.45, 7) is 2.10. The van der Waals surface area contributed by atoms with Gasteiger partial charge in [-0.25, -0.2) is 4.39 Å². The zero-order valence-corrected chi connectivity index (χ0v) is 14.7. The van der Waals surface area contributed by atoms with Crippen LogP contribution in [0.15, 0.2) is 30.6 Å². The molecular formula is C18H18FN5S. The summed E-state index contributed by atoms with van der Waals surface area (Å²) in [7, 11) is 1.81. The Hall–Kier alpha value is -2.25. The van der Waals surface area contributed by atoms with Gasteiger partial charge < -0.3 is 5.32 Å². The predicted molar refractivity (Wildman–Crippen MR) is 98.4 cm³/mol. The quantitative estimate of drug-likeness (QED) is 0.596. The summed E-state index contributed by atoms with van der Waals surface area (Å²) in [5.41, 5.74) is 2.29. The first-order valence-corrected chi connectivity index (χ1v) is 9.32. The molecule has 3 aromatic heterocycles. The fourth-order valence-corrected chi connectivity index (χ4v) is 4.60. The third-order valence-corrected chi connectivity index (χ3v) is 5.96. The number of nitrogens with one attached hydrogen (secondary N) is 1. The van der Waals surface area contributed by atoms with E-state index in [4.69, 9.17) is 5.10 Å². The normalized spacial score (nSPS) is 16.2. The highest BCUT2D eigenvalue weighted by Gasteiger charge is 2.18. The number of hydrogen-bond donors (Lipinski definition) is 1. The molecule has 0 saturated carbocycles. The molecule has 0 amide bonds. The van der Waals surface area contributed by atoms with E-state index < -0.39 is 0 Å². The maximum atomic E-state index is 14.3. The lowest BCUT2D eigenvalue weighted by molar-refractivity contribution is 0.345. The SMILES string of the molecule is Cn1cc2cc(-c3cc4nn(C5CCNCC5)cc4s3)cc(F)c2n1. The van der Waals surface area contributed by atoms with Crippen LogP contribution >= 0.6 is 11.3 Å². The third kappa shape index (κ3) is 2.54. The maximum Gasteiger partial charge on any atom is 0.151 e. The molecule has 0 bridgehead atoms. The van der Waals surface area contributed by atoms with Gasteiger partial charge in [0.25, 0.3) is 0 Å². The number of aromatic nitrogens is 4. The van der Waals surface area contributed by atoms with Crippen molar-refractivity contribution in [3.63, 3.8) is 0 Å². The molecule has 1 aliphatic rings. The Morgan fingerprint density at radius 3 is 2.80 bits per heavy atom. The van der Waals surface area contributed by atoms with Crippen LogP contribution in [0.2, 0.25) is 0 Å². The van der Waals surface area contributed by atoms with Crippen LogP contribution in [-0.4, -0.2) is 32.7 Å². The van der Waals surface area contributed by atoms with Gasteiger partial charge in [0.1, 0.15) is 11.0 Å². The molecule has 1 N–H and O–H groups in total. The summed E-state index contributed by atoms with van der Waals surface area (Å²) in [4.78, 5) is 1.04.